The second kappa shape index (κ2) is 10.8. The molecule has 0 aliphatic carbocycles. The Morgan fingerprint density at radius 2 is 1.93 bits per heavy atom. The van der Waals surface area contributed by atoms with Gasteiger partial charge in [-0.3, -0.25) is 9.79 Å². The molecule has 0 saturated carbocycles. The SMILES string of the molecule is CN=C(NCc1cccc(OCC(N)=O)c1)NCC(C)Oc1ccc(F)cc1. The van der Waals surface area contributed by atoms with Crippen molar-refractivity contribution in [1.82, 2.24) is 10.6 Å². The number of nitrogens with zero attached hydrogens (tertiary/aromatic N) is 1. The molecule has 4 N–H and O–H groups in total. The summed E-state index contributed by atoms with van der Waals surface area (Å²) >= 11 is 0. The van der Waals surface area contributed by atoms with E-state index in [2.05, 4.69) is 15.6 Å². The number of hydrogen-bond donors (Lipinski definition) is 3. The van der Waals surface area contributed by atoms with Crippen molar-refractivity contribution in [2.24, 2.45) is 10.7 Å². The fourth-order valence-electron chi connectivity index (χ4n) is 2.33. The zero-order valence-corrected chi connectivity index (χ0v) is 15.9. The number of ether oxygens (including phenoxy) is 2. The first-order valence-electron chi connectivity index (χ1n) is 8.83. The Morgan fingerprint density at radius 3 is 2.61 bits per heavy atom. The molecule has 7 nitrogen and oxygen atoms in total. The second-order valence-electron chi connectivity index (χ2n) is 6.09. The highest BCUT2D eigenvalue weighted by atomic mass is 19.1. The Bertz CT molecular complexity index is 796. The fraction of sp³-hybridized carbons (Fsp3) is 0.300. The number of nitrogens with two attached hydrogens (primary N) is 1. The van der Waals surface area contributed by atoms with Crippen molar-refractivity contribution in [1.29, 1.82) is 0 Å². The van der Waals surface area contributed by atoms with Crippen LogP contribution >= 0.6 is 0 Å². The maximum absolute atomic E-state index is 12.9. The van der Waals surface area contributed by atoms with E-state index in [0.717, 1.165) is 5.56 Å². The molecular weight excluding hydrogens is 363 g/mol. The van der Waals surface area contributed by atoms with Crippen LogP contribution in [0.1, 0.15) is 12.5 Å². The summed E-state index contributed by atoms with van der Waals surface area (Å²) in [4.78, 5) is 15.0. The molecule has 0 fully saturated rings. The van der Waals surface area contributed by atoms with Crippen LogP contribution in [0.25, 0.3) is 0 Å². The fourth-order valence-corrected chi connectivity index (χ4v) is 2.33. The summed E-state index contributed by atoms with van der Waals surface area (Å²) in [5.74, 6) is 0.962. The third-order valence-corrected chi connectivity index (χ3v) is 3.67. The molecule has 2 rings (SSSR count). The number of nitrogens with one attached hydrogen (secondary N) is 2. The summed E-state index contributed by atoms with van der Waals surface area (Å²) in [6.07, 6.45) is -0.144. The average Bonchev–Trinajstić information content (AvgIpc) is 2.68. The number of halogens is 1. The van der Waals surface area contributed by atoms with E-state index in [9.17, 15) is 9.18 Å². The van der Waals surface area contributed by atoms with E-state index in [1.165, 1.54) is 12.1 Å². The van der Waals surface area contributed by atoms with E-state index >= 15 is 0 Å². The van der Waals surface area contributed by atoms with Crippen LogP contribution < -0.4 is 25.8 Å². The summed E-state index contributed by atoms with van der Waals surface area (Å²) in [6, 6.07) is 13.2. The molecule has 0 saturated heterocycles. The molecule has 150 valence electrons. The van der Waals surface area contributed by atoms with Crippen LogP contribution in [0.2, 0.25) is 0 Å². The molecule has 0 aromatic heterocycles. The first-order chi connectivity index (χ1) is 13.5. The van der Waals surface area contributed by atoms with Gasteiger partial charge in [0.2, 0.25) is 0 Å². The Balaban J connectivity index is 1.78. The van der Waals surface area contributed by atoms with Gasteiger partial charge in [-0.15, -0.1) is 0 Å². The van der Waals surface area contributed by atoms with E-state index < -0.39 is 5.91 Å². The lowest BCUT2D eigenvalue weighted by molar-refractivity contribution is -0.119. The molecule has 0 radical (unpaired) electrons. The molecular formula is C20H25FN4O3. The molecule has 0 aliphatic rings. The predicted octanol–water partition coefficient (Wildman–Crippen LogP) is 1.82. The number of hydrogen-bond acceptors (Lipinski definition) is 4. The van der Waals surface area contributed by atoms with Crippen molar-refractivity contribution in [2.45, 2.75) is 19.6 Å². The maximum atomic E-state index is 12.9. The van der Waals surface area contributed by atoms with Gasteiger partial charge in [0, 0.05) is 13.6 Å². The third kappa shape index (κ3) is 7.53. The van der Waals surface area contributed by atoms with Crippen molar-refractivity contribution in [3.05, 3.63) is 59.9 Å². The van der Waals surface area contributed by atoms with E-state index in [1.807, 2.05) is 25.1 Å². The Morgan fingerprint density at radius 1 is 1.18 bits per heavy atom. The quantitative estimate of drug-likeness (QED) is 0.450. The summed E-state index contributed by atoms with van der Waals surface area (Å²) in [7, 11) is 1.67. The van der Waals surface area contributed by atoms with Crippen LogP contribution in [0, 0.1) is 5.82 Å². The lowest BCUT2D eigenvalue weighted by Gasteiger charge is -2.18. The number of carbonyl (C=O) groups excluding carboxylic acids is 1. The molecule has 0 heterocycles. The first kappa shape index (κ1) is 21.0. The van der Waals surface area contributed by atoms with Crippen molar-refractivity contribution >= 4 is 11.9 Å². The van der Waals surface area contributed by atoms with Gasteiger partial charge in [-0.05, 0) is 48.9 Å². The van der Waals surface area contributed by atoms with Gasteiger partial charge in [0.1, 0.15) is 23.4 Å². The highest BCUT2D eigenvalue weighted by molar-refractivity contribution is 5.79. The molecule has 1 atom stereocenters. The van der Waals surface area contributed by atoms with Gasteiger partial charge in [0.25, 0.3) is 5.91 Å². The number of aliphatic imine (C=N–C) groups is 1. The van der Waals surface area contributed by atoms with Gasteiger partial charge in [0.05, 0.1) is 6.54 Å². The number of primary amides is 1. The number of benzene rings is 2. The highest BCUT2D eigenvalue weighted by Gasteiger charge is 2.07. The van der Waals surface area contributed by atoms with E-state index in [4.69, 9.17) is 15.2 Å². The minimum Gasteiger partial charge on any atom is -0.489 e. The monoisotopic (exact) mass is 388 g/mol. The van der Waals surface area contributed by atoms with Crippen LogP contribution in [0.5, 0.6) is 11.5 Å². The molecule has 0 bridgehead atoms. The lowest BCUT2D eigenvalue weighted by atomic mass is 10.2. The molecule has 28 heavy (non-hydrogen) atoms. The van der Waals surface area contributed by atoms with Crippen molar-refractivity contribution in [3.63, 3.8) is 0 Å². The van der Waals surface area contributed by atoms with Gasteiger partial charge in [0.15, 0.2) is 12.6 Å². The predicted molar refractivity (Wildman–Crippen MR) is 106 cm³/mol. The van der Waals surface area contributed by atoms with Crippen LogP contribution in [0.3, 0.4) is 0 Å². The standard InChI is InChI=1S/C20H25FN4O3/c1-14(28-17-8-6-16(21)7-9-17)11-24-20(23-2)25-12-15-4-3-5-18(10-15)27-13-19(22)26/h3-10,14H,11-13H2,1-2H3,(H2,22,26)(H2,23,24,25). The summed E-state index contributed by atoms with van der Waals surface area (Å²) in [6.45, 7) is 2.77. The van der Waals surface area contributed by atoms with Crippen LogP contribution in [-0.4, -0.2) is 38.2 Å². The van der Waals surface area contributed by atoms with Gasteiger partial charge >= 0.3 is 0 Å². The van der Waals surface area contributed by atoms with E-state index in [1.54, 1.807) is 25.2 Å². The molecule has 8 heteroatoms. The summed E-state index contributed by atoms with van der Waals surface area (Å²) in [5, 5.41) is 6.36. The number of rotatable bonds is 9. The van der Waals surface area contributed by atoms with Crippen LogP contribution in [0.4, 0.5) is 4.39 Å². The maximum Gasteiger partial charge on any atom is 0.255 e. The zero-order chi connectivity index (χ0) is 20.4. The van der Waals surface area contributed by atoms with Crippen molar-refractivity contribution in [3.8, 4) is 11.5 Å². The third-order valence-electron chi connectivity index (χ3n) is 3.67. The highest BCUT2D eigenvalue weighted by Crippen LogP contribution is 2.14. The van der Waals surface area contributed by atoms with Gasteiger partial charge in [-0.2, -0.15) is 0 Å². The van der Waals surface area contributed by atoms with E-state index in [0.29, 0.717) is 30.5 Å². The second-order valence-corrected chi connectivity index (χ2v) is 6.09. The molecule has 2 aromatic rings. The summed E-state index contributed by atoms with van der Waals surface area (Å²) in [5.41, 5.74) is 6.04. The van der Waals surface area contributed by atoms with Crippen LogP contribution in [-0.2, 0) is 11.3 Å². The summed E-state index contributed by atoms with van der Waals surface area (Å²) < 4.78 is 24.0. The molecule has 1 amide bonds. The molecule has 1 unspecified atom stereocenters. The lowest BCUT2D eigenvalue weighted by Crippen LogP contribution is -2.41. The van der Waals surface area contributed by atoms with Crippen LogP contribution in [0.15, 0.2) is 53.5 Å². The average molecular weight is 388 g/mol. The van der Waals surface area contributed by atoms with Gasteiger partial charge in [-0.25, -0.2) is 4.39 Å². The topological polar surface area (TPSA) is 98.0 Å². The Kier molecular flexibility index (Phi) is 8.08. The first-order valence-corrected chi connectivity index (χ1v) is 8.83. The molecule has 0 spiro atoms. The zero-order valence-electron chi connectivity index (χ0n) is 15.9. The minimum absolute atomic E-state index is 0.144. The Hall–Kier alpha value is -3.29. The normalized spacial score (nSPS) is 12.2. The van der Waals surface area contributed by atoms with Gasteiger partial charge < -0.3 is 25.8 Å². The molecule has 0 aliphatic heterocycles. The Labute approximate surface area is 163 Å². The number of guanidine groups is 1. The smallest absolute Gasteiger partial charge is 0.255 e. The van der Waals surface area contributed by atoms with E-state index in [-0.39, 0.29) is 18.5 Å². The molecule has 2 aromatic carbocycles. The van der Waals surface area contributed by atoms with Gasteiger partial charge in [-0.1, -0.05) is 12.1 Å². The van der Waals surface area contributed by atoms with Crippen molar-refractivity contribution < 1.29 is 18.7 Å². The minimum atomic E-state index is -0.523. The number of carbonyl (C=O) groups is 1. The number of amides is 1. The van der Waals surface area contributed by atoms with Crippen molar-refractivity contribution in [2.75, 3.05) is 20.2 Å². The largest absolute Gasteiger partial charge is 0.489 e.